The van der Waals surface area contributed by atoms with E-state index < -0.39 is 30.3 Å². The topological polar surface area (TPSA) is 111 Å². The van der Waals surface area contributed by atoms with E-state index in [0.29, 0.717) is 30.3 Å². The van der Waals surface area contributed by atoms with Crippen LogP contribution in [0.4, 0.5) is 0 Å². The molecule has 0 aromatic heterocycles. The number of hydrogen-bond donors (Lipinski definition) is 0. The molecule has 372 valence electrons. The van der Waals surface area contributed by atoms with Crippen LogP contribution in [0.15, 0.2) is 158 Å². The van der Waals surface area contributed by atoms with Gasteiger partial charge in [-0.05, 0) is 103 Å². The zero-order chi connectivity index (χ0) is 49.2. The summed E-state index contributed by atoms with van der Waals surface area (Å²) in [6.07, 6.45) is 67.3. The predicted octanol–water partition coefficient (Wildman–Crippen LogP) is 12.5. The van der Waals surface area contributed by atoms with Gasteiger partial charge in [-0.1, -0.05) is 172 Å². The van der Waals surface area contributed by atoms with Crippen LogP contribution < -0.4 is 5.11 Å². The van der Waals surface area contributed by atoms with Crippen molar-refractivity contribution in [2.75, 3.05) is 47.5 Å². The Balaban J connectivity index is 4.64. The van der Waals surface area contributed by atoms with Gasteiger partial charge in [0.15, 0.2) is 12.4 Å². The van der Waals surface area contributed by atoms with Crippen molar-refractivity contribution < 1.29 is 42.9 Å². The highest BCUT2D eigenvalue weighted by atomic mass is 16.7. The average molecular weight is 926 g/mol. The fourth-order valence-corrected chi connectivity index (χ4v) is 5.55. The molecule has 0 rings (SSSR count). The largest absolute Gasteiger partial charge is 0.545 e. The van der Waals surface area contributed by atoms with Gasteiger partial charge in [0.2, 0.25) is 0 Å². The fraction of sp³-hybridized carbons (Fsp3) is 0.500. The van der Waals surface area contributed by atoms with Crippen molar-refractivity contribution in [2.24, 2.45) is 0 Å². The van der Waals surface area contributed by atoms with Crippen molar-refractivity contribution >= 4 is 17.9 Å². The number of ether oxygens (including phenoxy) is 4. The Morgan fingerprint density at radius 1 is 0.448 bits per heavy atom. The lowest BCUT2D eigenvalue weighted by Crippen LogP contribution is -2.44. The van der Waals surface area contributed by atoms with E-state index in [4.69, 9.17) is 18.9 Å². The Kier molecular flexibility index (Phi) is 43.8. The number of likely N-dealkylation sites (N-methyl/N-ethyl adjacent to an activating group) is 1. The summed E-state index contributed by atoms with van der Waals surface area (Å²) in [5.41, 5.74) is 0. The van der Waals surface area contributed by atoms with E-state index in [1.165, 1.54) is 0 Å². The lowest BCUT2D eigenvalue weighted by Gasteiger charge is -2.26. The molecule has 0 saturated heterocycles. The van der Waals surface area contributed by atoms with E-state index in [0.717, 1.165) is 83.5 Å². The first-order valence-corrected chi connectivity index (χ1v) is 24.6. The van der Waals surface area contributed by atoms with E-state index in [1.54, 1.807) is 0 Å². The number of unbranched alkanes of at least 4 members (excludes halogenated alkanes) is 1. The van der Waals surface area contributed by atoms with Crippen LogP contribution in [0.5, 0.6) is 0 Å². The van der Waals surface area contributed by atoms with Crippen molar-refractivity contribution in [3.63, 3.8) is 0 Å². The second kappa shape index (κ2) is 47.4. The molecule has 0 aliphatic rings. The Labute approximate surface area is 406 Å². The van der Waals surface area contributed by atoms with Crippen molar-refractivity contribution in [2.45, 2.75) is 142 Å². The number of carboxylic acids is 1. The summed E-state index contributed by atoms with van der Waals surface area (Å²) in [6.45, 7) is 4.31. The second-order valence-corrected chi connectivity index (χ2v) is 16.6. The first-order chi connectivity index (χ1) is 32.6. The molecule has 0 amide bonds. The van der Waals surface area contributed by atoms with Gasteiger partial charge in [0.25, 0.3) is 0 Å². The lowest BCUT2D eigenvalue weighted by molar-refractivity contribution is -0.870. The molecule has 2 unspecified atom stereocenters. The van der Waals surface area contributed by atoms with E-state index in [1.807, 2.05) is 39.4 Å². The van der Waals surface area contributed by atoms with Gasteiger partial charge in [-0.15, -0.1) is 0 Å². The van der Waals surface area contributed by atoms with Crippen LogP contribution in [-0.2, 0) is 33.3 Å². The van der Waals surface area contributed by atoms with Gasteiger partial charge in [0, 0.05) is 12.8 Å². The molecule has 0 N–H and O–H groups in total. The van der Waals surface area contributed by atoms with Crippen LogP contribution in [0.2, 0.25) is 0 Å². The van der Waals surface area contributed by atoms with Gasteiger partial charge >= 0.3 is 11.9 Å². The third kappa shape index (κ3) is 48.7. The molecule has 0 fully saturated rings. The molecule has 9 heteroatoms. The molecule has 0 bridgehead atoms. The molecule has 2 atom stereocenters. The van der Waals surface area contributed by atoms with Crippen molar-refractivity contribution in [1.29, 1.82) is 0 Å². The number of carbonyl (C=O) groups excluding carboxylic acids is 3. The number of carboxylic acid groups (broad SMARTS) is 1. The van der Waals surface area contributed by atoms with Gasteiger partial charge < -0.3 is 33.3 Å². The van der Waals surface area contributed by atoms with E-state index >= 15 is 0 Å². The van der Waals surface area contributed by atoms with Crippen LogP contribution in [0.1, 0.15) is 129 Å². The normalized spacial score (nSPS) is 14.2. The molecule has 67 heavy (non-hydrogen) atoms. The molecular weight excluding hydrogens is 839 g/mol. The number of hydrogen-bond acceptors (Lipinski definition) is 8. The minimum atomic E-state index is -1.66. The van der Waals surface area contributed by atoms with E-state index in [-0.39, 0.29) is 32.7 Å². The van der Waals surface area contributed by atoms with Crippen LogP contribution in [-0.4, -0.2) is 82.3 Å². The fourth-order valence-electron chi connectivity index (χ4n) is 5.55. The van der Waals surface area contributed by atoms with Gasteiger partial charge in [-0.25, -0.2) is 0 Å². The number of esters is 2. The number of rotatable bonds is 42. The van der Waals surface area contributed by atoms with Gasteiger partial charge in [0.1, 0.15) is 13.2 Å². The zero-order valence-electron chi connectivity index (χ0n) is 41.9. The summed E-state index contributed by atoms with van der Waals surface area (Å²) in [6, 6.07) is 0. The summed E-state index contributed by atoms with van der Waals surface area (Å²) >= 11 is 0. The smallest absolute Gasteiger partial charge is 0.306 e. The van der Waals surface area contributed by atoms with Crippen molar-refractivity contribution in [3.05, 3.63) is 158 Å². The van der Waals surface area contributed by atoms with Crippen molar-refractivity contribution in [1.82, 2.24) is 0 Å². The molecule has 0 saturated carbocycles. The molecule has 9 nitrogen and oxygen atoms in total. The minimum Gasteiger partial charge on any atom is -0.545 e. The Morgan fingerprint density at radius 3 is 1.16 bits per heavy atom. The minimum absolute atomic E-state index is 0.115. The summed E-state index contributed by atoms with van der Waals surface area (Å²) in [5, 5.41) is 11.7. The maximum atomic E-state index is 12.8. The SMILES string of the molecule is CC/C=C\C/C=C\C/C=C\C/C=C\C/C=C\C/C=C\C/C=C\CCCC(=O)OC(COC(=O)CC/C=C\C/C=C\C/C=C\C/C=C\C/C=C\C/C=C\CC)COC(OCC[N+](C)(C)C)C(=O)[O-]. The Bertz CT molecular complexity index is 1640. The molecule has 0 aromatic rings. The second-order valence-electron chi connectivity index (χ2n) is 16.6. The highest BCUT2D eigenvalue weighted by Gasteiger charge is 2.21. The molecule has 0 aliphatic carbocycles. The zero-order valence-corrected chi connectivity index (χ0v) is 41.9. The van der Waals surface area contributed by atoms with Crippen LogP contribution >= 0.6 is 0 Å². The van der Waals surface area contributed by atoms with E-state index in [2.05, 4.69) is 154 Å². The number of quaternary nitrogens is 1. The van der Waals surface area contributed by atoms with Gasteiger partial charge in [0.05, 0.1) is 40.3 Å². The van der Waals surface area contributed by atoms with Crippen LogP contribution in [0.3, 0.4) is 0 Å². The molecular formula is C58H87NO8. The first-order valence-electron chi connectivity index (χ1n) is 24.6. The molecule has 0 radical (unpaired) electrons. The Hall–Kier alpha value is -5.09. The number of aliphatic carboxylic acids is 1. The highest BCUT2D eigenvalue weighted by molar-refractivity contribution is 5.70. The van der Waals surface area contributed by atoms with Gasteiger partial charge in [-0.2, -0.15) is 0 Å². The number of carbonyl (C=O) groups is 3. The summed E-state index contributed by atoms with van der Waals surface area (Å²) < 4.78 is 22.4. The number of nitrogens with zero attached hydrogens (tertiary/aromatic N) is 1. The van der Waals surface area contributed by atoms with E-state index in [9.17, 15) is 19.5 Å². The summed E-state index contributed by atoms with van der Waals surface area (Å²) in [7, 11) is 5.85. The molecule has 0 aliphatic heterocycles. The molecule has 0 aromatic carbocycles. The lowest BCUT2D eigenvalue weighted by atomic mass is 10.2. The first kappa shape index (κ1) is 61.9. The molecule has 0 spiro atoms. The monoisotopic (exact) mass is 926 g/mol. The summed E-state index contributed by atoms with van der Waals surface area (Å²) in [5.74, 6) is -2.51. The summed E-state index contributed by atoms with van der Waals surface area (Å²) in [4.78, 5) is 37.1. The van der Waals surface area contributed by atoms with Crippen LogP contribution in [0, 0.1) is 0 Å². The number of allylic oxidation sites excluding steroid dienone is 26. The quantitative estimate of drug-likeness (QED) is 0.0196. The van der Waals surface area contributed by atoms with Crippen LogP contribution in [0.25, 0.3) is 0 Å². The maximum Gasteiger partial charge on any atom is 0.306 e. The van der Waals surface area contributed by atoms with Gasteiger partial charge in [-0.3, -0.25) is 9.59 Å². The predicted molar refractivity (Wildman–Crippen MR) is 278 cm³/mol. The Morgan fingerprint density at radius 2 is 0.806 bits per heavy atom. The standard InChI is InChI=1S/C58H87NO8/c1-6-8-10-12-14-16-18-20-22-24-26-27-28-29-31-33-35-37-39-41-43-45-47-49-56(61)67-54(53-66-58(57(62)63)64-51-50-59(3,4)5)52-65-55(60)48-46-44-42-40-38-36-34-32-30-25-23-21-19-17-15-13-11-9-7-2/h8-11,14-17,20-23,26-27,29-32,35-38,41-44,54,58H,6-7,12-13,18-19,24-25,28,33-34,39-40,45-53H2,1-5H3/b10-8-,11-9-,16-14-,17-15-,22-20-,23-21-,27-26-,31-29-,32-30-,37-35-,38-36-,43-41-,44-42-. The third-order valence-corrected chi connectivity index (χ3v) is 9.28. The van der Waals surface area contributed by atoms with Crippen molar-refractivity contribution in [3.8, 4) is 0 Å². The third-order valence-electron chi connectivity index (χ3n) is 9.28. The maximum absolute atomic E-state index is 12.8. The highest BCUT2D eigenvalue weighted by Crippen LogP contribution is 2.08. The average Bonchev–Trinajstić information content (AvgIpc) is 3.29. The molecule has 0 heterocycles.